The van der Waals surface area contributed by atoms with E-state index in [9.17, 15) is 5.11 Å². The van der Waals surface area contributed by atoms with E-state index in [2.05, 4.69) is 11.1 Å². The Balaban J connectivity index is 1.98. The number of aromatic amines is 1. The average Bonchev–Trinajstić information content (AvgIpc) is 3.00. The first-order chi connectivity index (χ1) is 8.33. The minimum Gasteiger partial charge on any atom is -0.508 e. The van der Waals surface area contributed by atoms with Gasteiger partial charge in [-0.2, -0.15) is 0 Å². The summed E-state index contributed by atoms with van der Waals surface area (Å²) < 4.78 is 5.05. The Bertz CT molecular complexity index is 606. The lowest BCUT2D eigenvalue weighted by Crippen LogP contribution is -1.72. The molecule has 0 aliphatic heterocycles. The van der Waals surface area contributed by atoms with Crippen LogP contribution in [0.1, 0.15) is 0 Å². The van der Waals surface area contributed by atoms with Crippen LogP contribution in [0.25, 0.3) is 22.4 Å². The Hall–Kier alpha value is -2.42. The molecule has 0 bridgehead atoms. The summed E-state index contributed by atoms with van der Waals surface area (Å²) in [4.78, 5) is 3.20. The van der Waals surface area contributed by atoms with Crippen molar-refractivity contribution >= 4 is 0 Å². The first-order valence-corrected chi connectivity index (χ1v) is 5.33. The number of nitrogens with one attached hydrogen (secondary N) is 1. The molecule has 2 aromatic heterocycles. The molecule has 17 heavy (non-hydrogen) atoms. The number of H-pyrrole nitrogens is 1. The largest absolute Gasteiger partial charge is 0.508 e. The molecule has 0 saturated carbocycles. The van der Waals surface area contributed by atoms with Crippen molar-refractivity contribution in [2.45, 2.75) is 0 Å². The van der Waals surface area contributed by atoms with Crippen LogP contribution in [0, 0.1) is 0 Å². The molecular weight excluding hydrogens is 214 g/mol. The number of phenols is 1. The lowest BCUT2D eigenvalue weighted by Gasteiger charge is -1.96. The van der Waals surface area contributed by atoms with Crippen molar-refractivity contribution in [3.8, 4) is 28.1 Å². The lowest BCUT2D eigenvalue weighted by molar-refractivity contribution is 0.475. The van der Waals surface area contributed by atoms with Crippen LogP contribution in [0.2, 0.25) is 0 Å². The molecule has 0 fully saturated rings. The van der Waals surface area contributed by atoms with Crippen molar-refractivity contribution in [3.05, 3.63) is 55.1 Å². The molecule has 2 heterocycles. The number of hydrogen-bond acceptors (Lipinski definition) is 2. The molecule has 0 saturated heterocycles. The van der Waals surface area contributed by atoms with E-state index in [4.69, 9.17) is 4.42 Å². The number of aromatic nitrogens is 1. The highest BCUT2D eigenvalue weighted by Gasteiger charge is 2.04. The summed E-state index contributed by atoms with van der Waals surface area (Å²) in [5.74, 6) is 0.277. The van der Waals surface area contributed by atoms with Crippen LogP contribution in [-0.4, -0.2) is 10.1 Å². The van der Waals surface area contributed by atoms with Crippen LogP contribution < -0.4 is 0 Å². The minimum atomic E-state index is 0.277. The highest BCUT2D eigenvalue weighted by Crippen LogP contribution is 2.27. The highest BCUT2D eigenvalue weighted by molar-refractivity contribution is 5.71. The van der Waals surface area contributed by atoms with Crippen LogP contribution in [0.5, 0.6) is 5.75 Å². The number of rotatable bonds is 2. The van der Waals surface area contributed by atoms with Gasteiger partial charge in [-0.15, -0.1) is 0 Å². The maximum absolute atomic E-state index is 9.24. The van der Waals surface area contributed by atoms with Crippen molar-refractivity contribution in [2.24, 2.45) is 0 Å². The van der Waals surface area contributed by atoms with Gasteiger partial charge in [0, 0.05) is 17.5 Å². The van der Waals surface area contributed by atoms with E-state index in [0.717, 1.165) is 22.4 Å². The molecule has 3 nitrogen and oxygen atoms in total. The van der Waals surface area contributed by atoms with Gasteiger partial charge >= 0.3 is 0 Å². The monoisotopic (exact) mass is 225 g/mol. The number of furan rings is 1. The molecule has 0 aliphatic carbocycles. The molecule has 0 spiro atoms. The second-order valence-electron chi connectivity index (χ2n) is 3.86. The predicted molar refractivity (Wildman–Crippen MR) is 65.6 cm³/mol. The summed E-state index contributed by atoms with van der Waals surface area (Å²) in [6, 6.07) is 11.1. The molecule has 0 unspecified atom stereocenters. The second-order valence-corrected chi connectivity index (χ2v) is 3.86. The first-order valence-electron chi connectivity index (χ1n) is 5.33. The van der Waals surface area contributed by atoms with Crippen molar-refractivity contribution in [3.63, 3.8) is 0 Å². The Morgan fingerprint density at radius 2 is 1.76 bits per heavy atom. The van der Waals surface area contributed by atoms with Gasteiger partial charge in [0.2, 0.25) is 0 Å². The Morgan fingerprint density at radius 1 is 0.941 bits per heavy atom. The van der Waals surface area contributed by atoms with Crippen molar-refractivity contribution in [1.29, 1.82) is 0 Å². The van der Waals surface area contributed by atoms with E-state index in [-0.39, 0.29) is 5.75 Å². The number of phenolic OH excluding ortho intramolecular Hbond substituents is 1. The molecule has 0 radical (unpaired) electrons. The SMILES string of the molecule is Oc1ccc(-c2c[nH]c(-c3ccoc3)c2)cc1. The van der Waals surface area contributed by atoms with Crippen LogP contribution >= 0.6 is 0 Å². The third-order valence-electron chi connectivity index (χ3n) is 2.72. The van der Waals surface area contributed by atoms with E-state index < -0.39 is 0 Å². The average molecular weight is 225 g/mol. The maximum atomic E-state index is 9.24. The van der Waals surface area contributed by atoms with Gasteiger partial charge in [0.15, 0.2) is 0 Å². The van der Waals surface area contributed by atoms with Gasteiger partial charge in [0.1, 0.15) is 5.75 Å². The molecule has 2 N–H and O–H groups in total. The highest BCUT2D eigenvalue weighted by atomic mass is 16.3. The van der Waals surface area contributed by atoms with E-state index in [1.165, 1.54) is 0 Å². The summed E-state index contributed by atoms with van der Waals surface area (Å²) in [7, 11) is 0. The molecular formula is C14H11NO2. The van der Waals surface area contributed by atoms with E-state index in [0.29, 0.717) is 0 Å². The van der Waals surface area contributed by atoms with Gasteiger partial charge in [-0.25, -0.2) is 0 Å². The van der Waals surface area contributed by atoms with E-state index in [1.54, 1.807) is 24.7 Å². The van der Waals surface area contributed by atoms with Crippen molar-refractivity contribution < 1.29 is 9.52 Å². The number of hydrogen-bond donors (Lipinski definition) is 2. The predicted octanol–water partition coefficient (Wildman–Crippen LogP) is 3.65. The van der Waals surface area contributed by atoms with Crippen LogP contribution in [0.3, 0.4) is 0 Å². The number of aromatic hydroxyl groups is 1. The summed E-state index contributed by atoms with van der Waals surface area (Å²) in [5.41, 5.74) is 4.19. The van der Waals surface area contributed by atoms with Gasteiger partial charge in [-0.1, -0.05) is 12.1 Å². The summed E-state index contributed by atoms with van der Waals surface area (Å²) in [6.45, 7) is 0. The molecule has 84 valence electrons. The minimum absolute atomic E-state index is 0.277. The van der Waals surface area contributed by atoms with Gasteiger partial charge in [0.05, 0.1) is 12.5 Å². The Labute approximate surface area is 98.3 Å². The van der Waals surface area contributed by atoms with Crippen molar-refractivity contribution in [2.75, 3.05) is 0 Å². The summed E-state index contributed by atoms with van der Waals surface area (Å²) in [5, 5.41) is 9.24. The maximum Gasteiger partial charge on any atom is 0.115 e. The topological polar surface area (TPSA) is 49.2 Å². The smallest absolute Gasteiger partial charge is 0.115 e. The zero-order chi connectivity index (χ0) is 11.7. The zero-order valence-corrected chi connectivity index (χ0v) is 9.05. The fourth-order valence-electron chi connectivity index (χ4n) is 1.80. The fourth-order valence-corrected chi connectivity index (χ4v) is 1.80. The van der Waals surface area contributed by atoms with E-state index >= 15 is 0 Å². The summed E-state index contributed by atoms with van der Waals surface area (Å²) >= 11 is 0. The Kier molecular flexibility index (Phi) is 2.22. The van der Waals surface area contributed by atoms with Gasteiger partial charge in [0.25, 0.3) is 0 Å². The van der Waals surface area contributed by atoms with Crippen LogP contribution in [-0.2, 0) is 0 Å². The third kappa shape index (κ3) is 1.83. The quantitative estimate of drug-likeness (QED) is 0.699. The van der Waals surface area contributed by atoms with Gasteiger partial charge in [-0.3, -0.25) is 0 Å². The first kappa shape index (κ1) is 9.78. The van der Waals surface area contributed by atoms with Crippen LogP contribution in [0.15, 0.2) is 59.5 Å². The molecule has 0 amide bonds. The van der Waals surface area contributed by atoms with Crippen LogP contribution in [0.4, 0.5) is 0 Å². The standard InChI is InChI=1S/C14H11NO2/c16-13-3-1-10(2-4-13)12-7-14(15-8-12)11-5-6-17-9-11/h1-9,15-16H. The normalized spacial score (nSPS) is 10.6. The number of benzene rings is 1. The summed E-state index contributed by atoms with van der Waals surface area (Å²) in [6.07, 6.45) is 5.29. The van der Waals surface area contributed by atoms with Gasteiger partial charge < -0.3 is 14.5 Å². The Morgan fingerprint density at radius 3 is 2.47 bits per heavy atom. The van der Waals surface area contributed by atoms with E-state index in [1.807, 2.05) is 24.4 Å². The van der Waals surface area contributed by atoms with Crippen molar-refractivity contribution in [1.82, 2.24) is 4.98 Å². The molecule has 3 aromatic rings. The molecule has 1 aromatic carbocycles. The zero-order valence-electron chi connectivity index (χ0n) is 9.05. The lowest BCUT2D eigenvalue weighted by atomic mass is 10.1. The molecule has 3 heteroatoms. The third-order valence-corrected chi connectivity index (χ3v) is 2.72. The molecule has 0 atom stereocenters. The fraction of sp³-hybridized carbons (Fsp3) is 0. The molecule has 3 rings (SSSR count). The second kappa shape index (κ2) is 3.87. The molecule has 0 aliphatic rings. The van der Waals surface area contributed by atoms with Gasteiger partial charge in [-0.05, 0) is 35.4 Å².